The molecule has 29 heavy (non-hydrogen) atoms. The lowest BCUT2D eigenvalue weighted by Crippen LogP contribution is -2.13. The first-order chi connectivity index (χ1) is 14.0. The molecule has 4 atom stereocenters. The number of aliphatic hydroxyl groups excluding tert-OH is 1. The molecule has 0 saturated heterocycles. The fourth-order valence-corrected chi connectivity index (χ4v) is 4.60. The molecule has 0 aromatic carbocycles. The molecular weight excluding hydrogens is 384 g/mol. The molecule has 0 radical (unpaired) electrons. The Morgan fingerprint density at radius 3 is 2.66 bits per heavy atom. The van der Waals surface area contributed by atoms with E-state index in [9.17, 15) is 9.90 Å². The third kappa shape index (κ3) is 10.5. The van der Waals surface area contributed by atoms with Gasteiger partial charge in [0, 0.05) is 11.8 Å². The van der Waals surface area contributed by atoms with Gasteiger partial charge in [0.15, 0.2) is 0 Å². The number of aliphatic hydroxyl groups is 1. The molecule has 3 nitrogen and oxygen atoms in total. The Bertz CT molecular complexity index is 526. The summed E-state index contributed by atoms with van der Waals surface area (Å²) in [5, 5.41) is 10.6. The number of unbranched alkanes of at least 4 members (excludes halogenated alkanes) is 5. The van der Waals surface area contributed by atoms with E-state index in [1.165, 1.54) is 7.11 Å². The number of rotatable bonds is 15. The van der Waals surface area contributed by atoms with Gasteiger partial charge in [-0.15, -0.1) is 11.6 Å². The SMILES string of the molecule is C=C/C(=C\C=C\[C@H]1CC[C@@H](Cl)[C@@H]1CCCCCCC(=O)OC)C(O)CCCCC. The second-order valence-corrected chi connectivity index (χ2v) is 8.78. The molecule has 0 heterocycles. The van der Waals surface area contributed by atoms with Gasteiger partial charge < -0.3 is 9.84 Å². The summed E-state index contributed by atoms with van der Waals surface area (Å²) < 4.78 is 4.68. The summed E-state index contributed by atoms with van der Waals surface area (Å²) in [6, 6.07) is 0. The predicted molar refractivity (Wildman–Crippen MR) is 123 cm³/mol. The van der Waals surface area contributed by atoms with Crippen LogP contribution in [0.1, 0.15) is 84.0 Å². The number of hydrogen-bond acceptors (Lipinski definition) is 3. The molecule has 1 aliphatic rings. The minimum Gasteiger partial charge on any atom is -0.469 e. The van der Waals surface area contributed by atoms with Gasteiger partial charge in [0.05, 0.1) is 13.2 Å². The zero-order valence-electron chi connectivity index (χ0n) is 18.5. The highest BCUT2D eigenvalue weighted by atomic mass is 35.5. The Kier molecular flexibility index (Phi) is 14.1. The minimum atomic E-state index is -0.422. The number of hydrogen-bond donors (Lipinski definition) is 1. The molecule has 0 aromatic heterocycles. The van der Waals surface area contributed by atoms with E-state index in [1.807, 2.05) is 6.08 Å². The molecule has 0 amide bonds. The fourth-order valence-electron chi connectivity index (χ4n) is 4.17. The highest BCUT2D eigenvalue weighted by molar-refractivity contribution is 6.21. The number of methoxy groups -OCH3 is 1. The predicted octanol–water partition coefficient (Wildman–Crippen LogP) is 6.74. The summed E-state index contributed by atoms with van der Waals surface area (Å²) in [4.78, 5) is 11.1. The molecule has 1 aliphatic carbocycles. The van der Waals surface area contributed by atoms with Crippen LogP contribution in [0, 0.1) is 11.8 Å². The summed E-state index contributed by atoms with van der Waals surface area (Å²) in [6.45, 7) is 6.03. The first kappa shape index (κ1) is 26.0. The van der Waals surface area contributed by atoms with Crippen molar-refractivity contribution in [2.45, 2.75) is 95.5 Å². The number of esters is 1. The fraction of sp³-hybridized carbons (Fsp3) is 0.720. The maximum Gasteiger partial charge on any atom is 0.305 e. The quantitative estimate of drug-likeness (QED) is 0.137. The van der Waals surface area contributed by atoms with Crippen LogP contribution in [0.2, 0.25) is 0 Å². The standard InChI is InChI=1S/C25H41ClO3/c1-4-6-9-16-24(27)20(5-2)13-12-14-21-18-19-23(26)22(21)15-10-7-8-11-17-25(28)29-3/h5,12-14,21-24,27H,2,4,6-11,15-19H2,1,3H3/b14-12+,20-13+/t21-,22+,23+,24?/m0/s1. The maximum absolute atomic E-state index is 11.1. The van der Waals surface area contributed by atoms with Gasteiger partial charge in [0.25, 0.3) is 0 Å². The highest BCUT2D eigenvalue weighted by Crippen LogP contribution is 2.39. The average molecular weight is 425 g/mol. The summed E-state index contributed by atoms with van der Waals surface area (Å²) in [7, 11) is 1.44. The monoisotopic (exact) mass is 424 g/mol. The first-order valence-electron chi connectivity index (χ1n) is 11.4. The van der Waals surface area contributed by atoms with E-state index in [-0.39, 0.29) is 11.3 Å². The second-order valence-electron chi connectivity index (χ2n) is 8.22. The van der Waals surface area contributed by atoms with Crippen LogP contribution in [0.15, 0.2) is 36.5 Å². The van der Waals surface area contributed by atoms with Gasteiger partial charge in [0.1, 0.15) is 0 Å². The summed E-state index contributed by atoms with van der Waals surface area (Å²) >= 11 is 6.60. The summed E-state index contributed by atoms with van der Waals surface area (Å²) in [6.07, 6.45) is 20.0. The molecule has 0 aromatic rings. The van der Waals surface area contributed by atoms with Crippen LogP contribution in [0.3, 0.4) is 0 Å². The Morgan fingerprint density at radius 1 is 1.21 bits per heavy atom. The lowest BCUT2D eigenvalue weighted by atomic mass is 9.89. The lowest BCUT2D eigenvalue weighted by Gasteiger charge is -2.19. The molecule has 1 rings (SSSR count). The van der Waals surface area contributed by atoms with E-state index in [0.717, 1.165) is 76.2 Å². The van der Waals surface area contributed by atoms with Crippen molar-refractivity contribution in [3.63, 3.8) is 0 Å². The second kappa shape index (κ2) is 15.7. The molecule has 1 unspecified atom stereocenters. The molecule has 4 heteroatoms. The van der Waals surface area contributed by atoms with Crippen molar-refractivity contribution in [1.29, 1.82) is 0 Å². The van der Waals surface area contributed by atoms with Gasteiger partial charge >= 0.3 is 5.97 Å². The molecule has 0 aliphatic heterocycles. The Balaban J connectivity index is 2.43. The van der Waals surface area contributed by atoms with Crippen LogP contribution in [-0.4, -0.2) is 29.7 Å². The number of carbonyl (C=O) groups is 1. The van der Waals surface area contributed by atoms with Crippen LogP contribution in [0.25, 0.3) is 0 Å². The van der Waals surface area contributed by atoms with E-state index >= 15 is 0 Å². The molecule has 1 N–H and O–H groups in total. The van der Waals surface area contributed by atoms with Crippen molar-refractivity contribution in [2.24, 2.45) is 11.8 Å². The number of ether oxygens (including phenoxy) is 1. The third-order valence-electron chi connectivity index (χ3n) is 6.03. The summed E-state index contributed by atoms with van der Waals surface area (Å²) in [5.74, 6) is 0.907. The van der Waals surface area contributed by atoms with Gasteiger partial charge in [-0.3, -0.25) is 4.79 Å². The van der Waals surface area contributed by atoms with Crippen LogP contribution >= 0.6 is 11.6 Å². The largest absolute Gasteiger partial charge is 0.469 e. The third-order valence-corrected chi connectivity index (χ3v) is 6.58. The van der Waals surface area contributed by atoms with Crippen LogP contribution in [0.4, 0.5) is 0 Å². The van der Waals surface area contributed by atoms with E-state index in [1.54, 1.807) is 6.08 Å². The Morgan fingerprint density at radius 2 is 1.97 bits per heavy atom. The van der Waals surface area contributed by atoms with Crippen molar-refractivity contribution in [2.75, 3.05) is 7.11 Å². The van der Waals surface area contributed by atoms with Crippen molar-refractivity contribution >= 4 is 17.6 Å². The number of allylic oxidation sites excluding steroid dienone is 3. The minimum absolute atomic E-state index is 0.116. The van der Waals surface area contributed by atoms with Gasteiger partial charge in [0.2, 0.25) is 0 Å². The summed E-state index contributed by atoms with van der Waals surface area (Å²) in [5.41, 5.74) is 0.903. The van der Waals surface area contributed by atoms with Crippen LogP contribution < -0.4 is 0 Å². The number of halogens is 1. The van der Waals surface area contributed by atoms with E-state index in [2.05, 4.69) is 30.4 Å². The molecular formula is C25H41ClO3. The molecule has 166 valence electrons. The molecule has 0 spiro atoms. The molecule has 1 saturated carbocycles. The first-order valence-corrected chi connectivity index (χ1v) is 11.9. The lowest BCUT2D eigenvalue weighted by molar-refractivity contribution is -0.140. The van der Waals surface area contributed by atoms with Gasteiger partial charge in [-0.1, -0.05) is 76.3 Å². The van der Waals surface area contributed by atoms with Gasteiger partial charge in [-0.2, -0.15) is 0 Å². The van der Waals surface area contributed by atoms with Crippen molar-refractivity contribution in [1.82, 2.24) is 0 Å². The van der Waals surface area contributed by atoms with Crippen LogP contribution in [0.5, 0.6) is 0 Å². The van der Waals surface area contributed by atoms with Crippen molar-refractivity contribution < 1.29 is 14.6 Å². The number of carbonyl (C=O) groups excluding carboxylic acids is 1. The van der Waals surface area contributed by atoms with Gasteiger partial charge in [-0.25, -0.2) is 0 Å². The van der Waals surface area contributed by atoms with Crippen molar-refractivity contribution in [3.8, 4) is 0 Å². The smallest absolute Gasteiger partial charge is 0.305 e. The molecule has 0 bridgehead atoms. The Hall–Kier alpha value is -1.06. The number of alkyl halides is 1. The zero-order valence-corrected chi connectivity index (χ0v) is 19.2. The van der Waals surface area contributed by atoms with Crippen molar-refractivity contribution in [3.05, 3.63) is 36.5 Å². The Labute approximate surface area is 183 Å². The topological polar surface area (TPSA) is 46.5 Å². The maximum atomic E-state index is 11.1. The molecule has 1 fully saturated rings. The van der Waals surface area contributed by atoms with Gasteiger partial charge in [-0.05, 0) is 49.5 Å². The highest BCUT2D eigenvalue weighted by Gasteiger charge is 2.32. The van der Waals surface area contributed by atoms with E-state index in [4.69, 9.17) is 11.6 Å². The average Bonchev–Trinajstić information content (AvgIpc) is 3.07. The van der Waals surface area contributed by atoms with Crippen LogP contribution in [-0.2, 0) is 9.53 Å². The normalized spacial score (nSPS) is 23.4. The van der Waals surface area contributed by atoms with E-state index < -0.39 is 6.10 Å². The zero-order chi connectivity index (χ0) is 21.5. The van der Waals surface area contributed by atoms with E-state index in [0.29, 0.717) is 18.3 Å².